The van der Waals surface area contributed by atoms with Crippen LogP contribution in [-0.2, 0) is 0 Å². The second kappa shape index (κ2) is 8.68. The molecule has 2 fully saturated rings. The molecule has 2 saturated heterocycles. The molecule has 0 saturated carbocycles. The summed E-state index contributed by atoms with van der Waals surface area (Å²) >= 11 is 0. The molecule has 0 aromatic carbocycles. The molecule has 0 unspecified atom stereocenters. The number of piperazine rings is 1. The van der Waals surface area contributed by atoms with Gasteiger partial charge in [0.1, 0.15) is 0 Å². The summed E-state index contributed by atoms with van der Waals surface area (Å²) in [5.74, 6) is 0. The monoisotopic (exact) mass is 227 g/mol. The summed E-state index contributed by atoms with van der Waals surface area (Å²) in [7, 11) is 2.29. The largest absolute Gasteiger partial charge is 0.314 e. The van der Waals surface area contributed by atoms with Crippen molar-refractivity contribution in [1.29, 1.82) is 0 Å². The minimum absolute atomic E-state index is 0.764. The van der Waals surface area contributed by atoms with Gasteiger partial charge in [-0.3, -0.25) is 14.6 Å². The molecule has 5 nitrogen and oxygen atoms in total. The van der Waals surface area contributed by atoms with Gasteiger partial charge in [-0.05, 0) is 0 Å². The van der Waals surface area contributed by atoms with E-state index in [9.17, 15) is 0 Å². The molecule has 0 aliphatic carbocycles. The molecule has 2 heterocycles. The van der Waals surface area contributed by atoms with Crippen LogP contribution in [0.15, 0.2) is 0 Å². The lowest BCUT2D eigenvalue weighted by molar-refractivity contribution is 0.534. The van der Waals surface area contributed by atoms with Gasteiger partial charge in [0, 0.05) is 52.8 Å². The lowest BCUT2D eigenvalue weighted by atomic mass is 10.4. The number of hydrogen-bond acceptors (Lipinski definition) is 5. The van der Waals surface area contributed by atoms with Crippen LogP contribution < -0.4 is 25.2 Å². The minimum atomic E-state index is 0.764. The van der Waals surface area contributed by atoms with Gasteiger partial charge in [-0.25, -0.2) is 0 Å². The third-order valence-electron chi connectivity index (χ3n) is 1.33. The molecule has 72 valence electrons. The first-order chi connectivity index (χ1) is 6.00. The van der Waals surface area contributed by atoms with E-state index in [0.717, 1.165) is 52.8 Å². The molecular formula is C4H16N5P3. The molecule has 0 bridgehead atoms. The van der Waals surface area contributed by atoms with Gasteiger partial charge < -0.3 is 10.6 Å². The van der Waals surface area contributed by atoms with Crippen molar-refractivity contribution in [2.75, 3.05) is 26.2 Å². The summed E-state index contributed by atoms with van der Waals surface area (Å²) in [5.41, 5.74) is 0. The molecule has 0 aromatic rings. The maximum Gasteiger partial charge on any atom is 0.0273 e. The van der Waals surface area contributed by atoms with E-state index in [-0.39, 0.29) is 0 Å². The van der Waals surface area contributed by atoms with Crippen LogP contribution in [0.1, 0.15) is 0 Å². The Hall–Kier alpha value is 1.09. The summed E-state index contributed by atoms with van der Waals surface area (Å²) in [6.07, 6.45) is 0. The van der Waals surface area contributed by atoms with Crippen molar-refractivity contribution in [3.63, 3.8) is 0 Å². The maximum atomic E-state index is 3.22. The Bertz CT molecular complexity index is 61.7. The Labute approximate surface area is 78.7 Å². The summed E-state index contributed by atoms with van der Waals surface area (Å²) in [6, 6.07) is 0. The first-order valence-electron chi connectivity index (χ1n) is 3.91. The maximum absolute atomic E-state index is 3.22. The van der Waals surface area contributed by atoms with Crippen molar-refractivity contribution in [3.05, 3.63) is 0 Å². The fourth-order valence-corrected chi connectivity index (χ4v) is 3.98. The van der Waals surface area contributed by atoms with Crippen LogP contribution >= 0.6 is 26.6 Å². The lowest BCUT2D eigenvalue weighted by Gasteiger charge is -2.12. The average molecular weight is 227 g/mol. The summed E-state index contributed by atoms with van der Waals surface area (Å²) in [5, 5.41) is 6.44. The molecule has 8 heteroatoms. The Morgan fingerprint density at radius 1 is 0.583 bits per heavy atom. The molecular weight excluding hydrogens is 211 g/mol. The summed E-state index contributed by atoms with van der Waals surface area (Å²) < 4.78 is 0. The van der Waals surface area contributed by atoms with Crippen LogP contribution in [-0.4, -0.2) is 26.2 Å². The van der Waals surface area contributed by atoms with E-state index in [0.29, 0.717) is 0 Å². The van der Waals surface area contributed by atoms with Crippen LogP contribution in [0.2, 0.25) is 0 Å². The van der Waals surface area contributed by atoms with Crippen molar-refractivity contribution in [2.24, 2.45) is 0 Å². The van der Waals surface area contributed by atoms with E-state index in [1.165, 1.54) is 0 Å². The Kier molecular flexibility index (Phi) is 8.07. The third kappa shape index (κ3) is 6.59. The topological polar surface area (TPSA) is 60.1 Å². The smallest absolute Gasteiger partial charge is 0.0273 e. The van der Waals surface area contributed by atoms with Gasteiger partial charge in [0.25, 0.3) is 0 Å². The van der Waals surface area contributed by atoms with Crippen LogP contribution in [0, 0.1) is 0 Å². The van der Waals surface area contributed by atoms with E-state index >= 15 is 0 Å². The second-order valence-corrected chi connectivity index (χ2v) is 6.00. The normalized spacial score (nSPS) is 30.0. The zero-order valence-corrected chi connectivity index (χ0v) is 9.83. The van der Waals surface area contributed by atoms with Crippen LogP contribution in [0.3, 0.4) is 0 Å². The number of hydrogen-bond donors (Lipinski definition) is 5. The van der Waals surface area contributed by atoms with Crippen LogP contribution in [0.4, 0.5) is 0 Å². The van der Waals surface area contributed by atoms with E-state index in [1.54, 1.807) is 0 Å². The zero-order valence-electron chi connectivity index (χ0n) is 6.83. The molecule has 0 radical (unpaired) electrons. The van der Waals surface area contributed by atoms with Crippen molar-refractivity contribution >= 4 is 26.6 Å². The second-order valence-electron chi connectivity index (χ2n) is 2.25. The van der Waals surface area contributed by atoms with Crippen molar-refractivity contribution < 1.29 is 0 Å². The van der Waals surface area contributed by atoms with E-state index in [2.05, 4.69) is 25.2 Å². The highest BCUT2D eigenvalue weighted by atomic mass is 31.2. The summed E-state index contributed by atoms with van der Waals surface area (Å²) in [6.45, 7) is 4.56. The Morgan fingerprint density at radius 3 is 1.08 bits per heavy atom. The van der Waals surface area contributed by atoms with E-state index in [1.807, 2.05) is 0 Å². The highest BCUT2D eigenvalue weighted by Crippen LogP contribution is 2.23. The quantitative estimate of drug-likeness (QED) is 0.360. The highest BCUT2D eigenvalue weighted by molar-refractivity contribution is 7.65. The molecule has 12 heavy (non-hydrogen) atoms. The highest BCUT2D eigenvalue weighted by Gasteiger charge is 1.91. The molecule has 0 atom stereocenters. The molecule has 2 aliphatic heterocycles. The van der Waals surface area contributed by atoms with Gasteiger partial charge in [0.2, 0.25) is 0 Å². The molecule has 0 amide bonds. The first kappa shape index (κ1) is 11.2. The molecule has 2 rings (SSSR count). The standard InChI is InChI=1S/C4H10N2.H6N3P3/c1-2-6-4-3-5-1;1-4-2-6-3-5-1/h5-6H,1-4H2;1-6H. The minimum Gasteiger partial charge on any atom is -0.314 e. The zero-order chi connectivity index (χ0) is 8.49. The summed E-state index contributed by atoms with van der Waals surface area (Å²) in [4.78, 5) is 9.38. The van der Waals surface area contributed by atoms with Crippen LogP contribution in [0.25, 0.3) is 0 Å². The third-order valence-corrected chi connectivity index (χ3v) is 4.33. The average Bonchev–Trinajstić information content (AvgIpc) is 2.24. The van der Waals surface area contributed by atoms with E-state index in [4.69, 9.17) is 0 Å². The van der Waals surface area contributed by atoms with Crippen molar-refractivity contribution in [2.45, 2.75) is 0 Å². The Balaban J connectivity index is 0.000000120. The van der Waals surface area contributed by atoms with Crippen molar-refractivity contribution in [3.8, 4) is 0 Å². The van der Waals surface area contributed by atoms with Gasteiger partial charge in [0.15, 0.2) is 0 Å². The molecule has 0 spiro atoms. The van der Waals surface area contributed by atoms with Gasteiger partial charge in [-0.15, -0.1) is 0 Å². The Morgan fingerprint density at radius 2 is 0.917 bits per heavy atom. The van der Waals surface area contributed by atoms with Crippen LogP contribution in [0.5, 0.6) is 0 Å². The predicted octanol–water partition coefficient (Wildman–Crippen LogP) is -0.526. The number of rotatable bonds is 0. The van der Waals surface area contributed by atoms with Crippen molar-refractivity contribution in [1.82, 2.24) is 25.2 Å². The first-order valence-corrected chi connectivity index (χ1v) is 6.91. The van der Waals surface area contributed by atoms with Gasteiger partial charge >= 0.3 is 0 Å². The fraction of sp³-hybridized carbons (Fsp3) is 1.00. The van der Waals surface area contributed by atoms with Gasteiger partial charge in [-0.2, -0.15) is 0 Å². The fourth-order valence-electron chi connectivity index (χ4n) is 0.791. The van der Waals surface area contributed by atoms with Gasteiger partial charge in [0.05, 0.1) is 0 Å². The molecule has 2 aliphatic rings. The lowest BCUT2D eigenvalue weighted by Crippen LogP contribution is -2.39. The molecule has 5 N–H and O–H groups in total. The van der Waals surface area contributed by atoms with E-state index < -0.39 is 0 Å². The SMILES string of the molecule is C1CNCCN1.N1PNPNP1. The number of nitrogens with one attached hydrogen (secondary N) is 5. The predicted molar refractivity (Wildman–Crippen MR) is 60.1 cm³/mol. The van der Waals surface area contributed by atoms with Gasteiger partial charge in [-0.1, -0.05) is 0 Å². The molecule has 0 aromatic heterocycles.